The zero-order valence-electron chi connectivity index (χ0n) is 18.6. The van der Waals surface area contributed by atoms with Gasteiger partial charge in [0.15, 0.2) is 11.8 Å². The normalized spacial score (nSPS) is 36.6. The summed E-state index contributed by atoms with van der Waals surface area (Å²) in [6.45, 7) is 11.3. The van der Waals surface area contributed by atoms with Crippen LogP contribution in [0.2, 0.25) is 0 Å². The Morgan fingerprint density at radius 2 is 1.67 bits per heavy atom. The first-order chi connectivity index (χ1) is 13.0. The Morgan fingerprint density at radius 1 is 0.963 bits per heavy atom. The SMILES string of the molecule is CC(C)CC[N+]1=C(/C=C/C2CCCC2)C(C)(C)C2C3CCCCC3CCC21. The summed E-state index contributed by atoms with van der Waals surface area (Å²) >= 11 is 0. The zero-order valence-corrected chi connectivity index (χ0v) is 18.6. The molecule has 4 aliphatic rings. The second kappa shape index (κ2) is 8.03. The van der Waals surface area contributed by atoms with E-state index < -0.39 is 0 Å². The van der Waals surface area contributed by atoms with E-state index in [1.54, 1.807) is 5.71 Å². The summed E-state index contributed by atoms with van der Waals surface area (Å²) in [5, 5.41) is 0. The zero-order chi connectivity index (χ0) is 19.0. The van der Waals surface area contributed by atoms with Crippen LogP contribution in [-0.4, -0.2) is 22.9 Å². The Labute approximate surface area is 168 Å². The Balaban J connectivity index is 1.64. The molecule has 27 heavy (non-hydrogen) atoms. The Bertz CT molecular complexity index is 575. The molecule has 152 valence electrons. The standard InChI is InChI=1S/C26H44N/c1-19(2)17-18-27-23-15-14-21-11-7-8-12-22(21)25(23)26(3,4)24(27)16-13-20-9-5-6-10-20/h13,16,19-23,25H,5-12,14-15,17-18H2,1-4H3/q+1/b16-13+. The van der Waals surface area contributed by atoms with Crippen molar-refractivity contribution < 1.29 is 4.58 Å². The summed E-state index contributed by atoms with van der Waals surface area (Å²) in [7, 11) is 0. The van der Waals surface area contributed by atoms with Gasteiger partial charge in [0, 0.05) is 24.8 Å². The van der Waals surface area contributed by atoms with Crippen LogP contribution in [0, 0.1) is 35.0 Å². The third-order valence-electron chi connectivity index (χ3n) is 8.75. The van der Waals surface area contributed by atoms with E-state index in [2.05, 4.69) is 44.4 Å². The molecule has 0 N–H and O–H groups in total. The van der Waals surface area contributed by atoms with Crippen molar-refractivity contribution in [2.45, 2.75) is 104 Å². The molecule has 3 fully saturated rings. The van der Waals surface area contributed by atoms with E-state index in [4.69, 9.17) is 0 Å². The fourth-order valence-electron chi connectivity index (χ4n) is 7.37. The lowest BCUT2D eigenvalue weighted by Crippen LogP contribution is -2.46. The van der Waals surface area contributed by atoms with Crippen molar-refractivity contribution in [1.82, 2.24) is 0 Å². The molecular formula is C26H44N+. The number of hydrogen-bond donors (Lipinski definition) is 0. The number of fused-ring (bicyclic) bond motifs is 3. The van der Waals surface area contributed by atoms with Gasteiger partial charge in [0.05, 0.1) is 5.41 Å². The van der Waals surface area contributed by atoms with Gasteiger partial charge in [0.1, 0.15) is 6.54 Å². The van der Waals surface area contributed by atoms with Gasteiger partial charge in [0.2, 0.25) is 0 Å². The molecule has 1 aliphatic heterocycles. The van der Waals surface area contributed by atoms with Gasteiger partial charge < -0.3 is 0 Å². The van der Waals surface area contributed by atoms with E-state index in [9.17, 15) is 0 Å². The number of allylic oxidation sites excluding steroid dienone is 2. The van der Waals surface area contributed by atoms with Crippen molar-refractivity contribution in [2.75, 3.05) is 6.54 Å². The molecule has 1 heteroatoms. The Kier molecular flexibility index (Phi) is 5.87. The average Bonchev–Trinajstić information content (AvgIpc) is 3.23. The molecule has 0 radical (unpaired) electrons. The lowest BCUT2D eigenvalue weighted by Gasteiger charge is -2.45. The largest absolute Gasteiger partial charge is 0.230 e. The smallest absolute Gasteiger partial charge is 0.182 e. The molecule has 0 amide bonds. The molecule has 3 saturated carbocycles. The first-order valence-corrected chi connectivity index (χ1v) is 12.3. The summed E-state index contributed by atoms with van der Waals surface area (Å²) in [6, 6.07) is 0.821. The summed E-state index contributed by atoms with van der Waals surface area (Å²) in [4.78, 5) is 0. The van der Waals surface area contributed by atoms with E-state index in [0.29, 0.717) is 5.41 Å². The molecule has 1 heterocycles. The van der Waals surface area contributed by atoms with Crippen LogP contribution < -0.4 is 0 Å². The van der Waals surface area contributed by atoms with Gasteiger partial charge in [-0.2, -0.15) is 0 Å². The third kappa shape index (κ3) is 3.82. The minimum atomic E-state index is 0.359. The second-order valence-corrected chi connectivity index (χ2v) is 11.3. The average molecular weight is 371 g/mol. The van der Waals surface area contributed by atoms with E-state index >= 15 is 0 Å². The number of hydrogen-bond acceptors (Lipinski definition) is 0. The lowest BCUT2D eigenvalue weighted by atomic mass is 9.57. The minimum absolute atomic E-state index is 0.359. The first kappa shape index (κ1) is 19.7. The maximum absolute atomic E-state index is 2.92. The Hall–Kier alpha value is -0.590. The monoisotopic (exact) mass is 370 g/mol. The maximum atomic E-state index is 2.92. The fourth-order valence-corrected chi connectivity index (χ4v) is 7.37. The molecule has 0 spiro atoms. The highest BCUT2D eigenvalue weighted by atomic mass is 15.1. The highest BCUT2D eigenvalue weighted by Gasteiger charge is 2.59. The maximum Gasteiger partial charge on any atom is 0.182 e. The van der Waals surface area contributed by atoms with E-state index in [1.807, 2.05) is 0 Å². The molecule has 0 aromatic rings. The predicted molar refractivity (Wildman–Crippen MR) is 116 cm³/mol. The third-order valence-corrected chi connectivity index (χ3v) is 8.75. The van der Waals surface area contributed by atoms with Crippen molar-refractivity contribution in [3.8, 4) is 0 Å². The summed E-state index contributed by atoms with van der Waals surface area (Å²) in [5.41, 5.74) is 2.06. The van der Waals surface area contributed by atoms with Crippen molar-refractivity contribution in [1.29, 1.82) is 0 Å². The lowest BCUT2D eigenvalue weighted by molar-refractivity contribution is -0.570. The van der Waals surface area contributed by atoms with Gasteiger partial charge in [-0.1, -0.05) is 52.0 Å². The summed E-state index contributed by atoms with van der Waals surface area (Å²) < 4.78 is 2.92. The molecule has 0 saturated heterocycles. The summed E-state index contributed by atoms with van der Waals surface area (Å²) in [5.74, 6) is 4.58. The van der Waals surface area contributed by atoms with Crippen molar-refractivity contribution in [3.63, 3.8) is 0 Å². The van der Waals surface area contributed by atoms with Crippen LogP contribution >= 0.6 is 0 Å². The molecule has 0 bridgehead atoms. The van der Waals surface area contributed by atoms with Gasteiger partial charge in [-0.3, -0.25) is 0 Å². The van der Waals surface area contributed by atoms with E-state index in [0.717, 1.165) is 35.6 Å². The molecule has 0 aromatic carbocycles. The van der Waals surface area contributed by atoms with Crippen LogP contribution in [0.15, 0.2) is 12.2 Å². The van der Waals surface area contributed by atoms with Crippen LogP contribution in [0.1, 0.15) is 98.3 Å². The molecular weight excluding hydrogens is 326 g/mol. The fraction of sp³-hybridized carbons (Fsp3) is 0.885. The van der Waals surface area contributed by atoms with Crippen LogP contribution in [-0.2, 0) is 0 Å². The highest BCUT2D eigenvalue weighted by molar-refractivity contribution is 5.96. The number of rotatable bonds is 5. The van der Waals surface area contributed by atoms with Crippen LogP contribution in [0.25, 0.3) is 0 Å². The predicted octanol–water partition coefficient (Wildman–Crippen LogP) is 6.86. The topological polar surface area (TPSA) is 3.01 Å². The van der Waals surface area contributed by atoms with Gasteiger partial charge in [-0.25, -0.2) is 4.58 Å². The van der Waals surface area contributed by atoms with Crippen molar-refractivity contribution in [2.24, 2.45) is 35.0 Å². The van der Waals surface area contributed by atoms with Crippen LogP contribution in [0.4, 0.5) is 0 Å². The molecule has 4 atom stereocenters. The molecule has 4 rings (SSSR count). The summed E-state index contributed by atoms with van der Waals surface area (Å²) in [6.07, 6.45) is 21.3. The van der Waals surface area contributed by atoms with Crippen LogP contribution in [0.5, 0.6) is 0 Å². The van der Waals surface area contributed by atoms with E-state index in [-0.39, 0.29) is 0 Å². The Morgan fingerprint density at radius 3 is 2.41 bits per heavy atom. The molecule has 4 unspecified atom stereocenters. The van der Waals surface area contributed by atoms with Crippen molar-refractivity contribution >= 4 is 5.71 Å². The van der Waals surface area contributed by atoms with E-state index in [1.165, 1.54) is 77.2 Å². The molecule has 1 nitrogen and oxygen atoms in total. The highest BCUT2D eigenvalue weighted by Crippen LogP contribution is 2.54. The second-order valence-electron chi connectivity index (χ2n) is 11.3. The molecule has 0 aromatic heterocycles. The van der Waals surface area contributed by atoms with Gasteiger partial charge in [0.25, 0.3) is 0 Å². The number of nitrogens with zero attached hydrogens (tertiary/aromatic N) is 1. The van der Waals surface area contributed by atoms with Crippen LogP contribution in [0.3, 0.4) is 0 Å². The van der Waals surface area contributed by atoms with Gasteiger partial charge in [-0.15, -0.1) is 0 Å². The first-order valence-electron chi connectivity index (χ1n) is 12.3. The minimum Gasteiger partial charge on any atom is -0.230 e. The quantitative estimate of drug-likeness (QED) is 0.465. The van der Waals surface area contributed by atoms with Gasteiger partial charge >= 0.3 is 0 Å². The molecule has 3 aliphatic carbocycles. The van der Waals surface area contributed by atoms with Crippen molar-refractivity contribution in [3.05, 3.63) is 12.2 Å². The van der Waals surface area contributed by atoms with Gasteiger partial charge in [-0.05, 0) is 63.2 Å².